The van der Waals surface area contributed by atoms with Gasteiger partial charge in [-0.1, -0.05) is 0 Å². The van der Waals surface area contributed by atoms with Crippen molar-refractivity contribution in [3.05, 3.63) is 35.6 Å². The zero-order valence-corrected chi connectivity index (χ0v) is 14.0. The van der Waals surface area contributed by atoms with E-state index >= 15 is 0 Å². The van der Waals surface area contributed by atoms with Crippen LogP contribution in [0.2, 0.25) is 0 Å². The second-order valence-corrected chi connectivity index (χ2v) is 5.71. The number of hydrogen-bond acceptors (Lipinski definition) is 4. The molecule has 7 heteroatoms. The molecule has 0 spiro atoms. The topological polar surface area (TPSA) is 85.2 Å². The van der Waals surface area contributed by atoms with Crippen molar-refractivity contribution in [2.75, 3.05) is 27.2 Å². The van der Waals surface area contributed by atoms with E-state index in [1.165, 1.54) is 24.3 Å². The quantitative estimate of drug-likeness (QED) is 0.526. The van der Waals surface area contributed by atoms with Crippen molar-refractivity contribution in [3.8, 4) is 6.07 Å². The van der Waals surface area contributed by atoms with Crippen LogP contribution in [0.15, 0.2) is 24.3 Å². The average Bonchev–Trinajstić information content (AvgIpc) is 2.55. The van der Waals surface area contributed by atoms with Gasteiger partial charge in [-0.25, -0.2) is 4.39 Å². The summed E-state index contributed by atoms with van der Waals surface area (Å²) in [7, 11) is 3.93. The lowest BCUT2D eigenvalue weighted by atomic mass is 10.1. The molecule has 1 atom stereocenters. The van der Waals surface area contributed by atoms with Gasteiger partial charge in [-0.2, -0.15) is 5.26 Å². The predicted molar refractivity (Wildman–Crippen MR) is 88.7 cm³/mol. The molecule has 0 aliphatic carbocycles. The van der Waals surface area contributed by atoms with Crippen LogP contribution in [0, 0.1) is 17.1 Å². The number of nitriles is 1. The molecule has 1 aromatic rings. The van der Waals surface area contributed by atoms with Crippen LogP contribution >= 0.6 is 0 Å². The summed E-state index contributed by atoms with van der Waals surface area (Å²) >= 11 is 0. The number of carbonyl (C=O) groups excluding carboxylic acids is 2. The Morgan fingerprint density at radius 3 is 2.50 bits per heavy atom. The zero-order chi connectivity index (χ0) is 17.9. The number of unbranched alkanes of at least 4 members (excludes halogenated alkanes) is 1. The first-order valence-corrected chi connectivity index (χ1v) is 7.80. The lowest BCUT2D eigenvalue weighted by Gasteiger charge is -2.18. The maximum atomic E-state index is 12.9. The highest BCUT2D eigenvalue weighted by Gasteiger charge is 2.20. The van der Waals surface area contributed by atoms with Gasteiger partial charge in [-0.05, 0) is 64.2 Å². The minimum Gasteiger partial charge on any atom is -0.341 e. The molecule has 0 aliphatic rings. The summed E-state index contributed by atoms with van der Waals surface area (Å²) in [5.41, 5.74) is 0.280. The van der Waals surface area contributed by atoms with Gasteiger partial charge in [0.2, 0.25) is 5.91 Å². The molecule has 0 aromatic heterocycles. The molecular formula is C17H23FN4O2. The fourth-order valence-corrected chi connectivity index (χ4v) is 2.14. The fourth-order valence-electron chi connectivity index (χ4n) is 2.14. The van der Waals surface area contributed by atoms with Crippen molar-refractivity contribution in [2.45, 2.75) is 25.3 Å². The van der Waals surface area contributed by atoms with Crippen molar-refractivity contribution < 1.29 is 14.0 Å². The van der Waals surface area contributed by atoms with Crippen LogP contribution in [0.5, 0.6) is 0 Å². The van der Waals surface area contributed by atoms with Gasteiger partial charge in [-0.15, -0.1) is 0 Å². The highest BCUT2D eigenvalue weighted by atomic mass is 19.1. The van der Waals surface area contributed by atoms with E-state index in [9.17, 15) is 14.0 Å². The Morgan fingerprint density at radius 2 is 1.92 bits per heavy atom. The molecule has 0 saturated heterocycles. The molecule has 1 rings (SSSR count). The maximum absolute atomic E-state index is 12.9. The molecule has 0 unspecified atom stereocenters. The van der Waals surface area contributed by atoms with Gasteiger partial charge in [0.1, 0.15) is 18.4 Å². The molecule has 0 heterocycles. The van der Waals surface area contributed by atoms with Gasteiger partial charge in [-0.3, -0.25) is 9.59 Å². The van der Waals surface area contributed by atoms with Crippen LogP contribution in [0.3, 0.4) is 0 Å². The molecular weight excluding hydrogens is 311 g/mol. The second-order valence-electron chi connectivity index (χ2n) is 5.71. The summed E-state index contributed by atoms with van der Waals surface area (Å²) in [4.78, 5) is 26.3. The number of rotatable bonds is 9. The number of benzene rings is 1. The van der Waals surface area contributed by atoms with Crippen molar-refractivity contribution in [1.82, 2.24) is 15.5 Å². The SMILES string of the molecule is CN(C)CCCC[C@H](NC(=O)c1ccc(F)cc1)C(=O)NCC#N. The highest BCUT2D eigenvalue weighted by molar-refractivity contribution is 5.97. The molecule has 2 N–H and O–H groups in total. The summed E-state index contributed by atoms with van der Waals surface area (Å²) in [6.07, 6.45) is 2.12. The number of hydrogen-bond donors (Lipinski definition) is 2. The monoisotopic (exact) mass is 334 g/mol. The van der Waals surface area contributed by atoms with Crippen LogP contribution < -0.4 is 10.6 Å². The van der Waals surface area contributed by atoms with E-state index in [1.807, 2.05) is 25.1 Å². The van der Waals surface area contributed by atoms with Crippen LogP contribution in [0.4, 0.5) is 4.39 Å². The van der Waals surface area contributed by atoms with Crippen LogP contribution in [0.1, 0.15) is 29.6 Å². The minimum atomic E-state index is -0.724. The molecule has 2 amide bonds. The normalized spacial score (nSPS) is 11.6. The number of halogens is 1. The van der Waals surface area contributed by atoms with Gasteiger partial charge < -0.3 is 15.5 Å². The third kappa shape index (κ3) is 7.20. The van der Waals surface area contributed by atoms with Crippen molar-refractivity contribution >= 4 is 11.8 Å². The first kappa shape index (κ1) is 19.6. The fraction of sp³-hybridized carbons (Fsp3) is 0.471. The van der Waals surface area contributed by atoms with E-state index in [2.05, 4.69) is 10.6 Å². The Morgan fingerprint density at radius 1 is 1.25 bits per heavy atom. The molecule has 130 valence electrons. The Bertz CT molecular complexity index is 581. The summed E-state index contributed by atoms with van der Waals surface area (Å²) in [6.45, 7) is 0.776. The van der Waals surface area contributed by atoms with E-state index in [-0.39, 0.29) is 12.1 Å². The van der Waals surface area contributed by atoms with Gasteiger partial charge in [0.05, 0.1) is 6.07 Å². The third-order valence-electron chi connectivity index (χ3n) is 3.42. The number of nitrogens with one attached hydrogen (secondary N) is 2. The maximum Gasteiger partial charge on any atom is 0.251 e. The lowest BCUT2D eigenvalue weighted by Crippen LogP contribution is -2.46. The minimum absolute atomic E-state index is 0.112. The lowest BCUT2D eigenvalue weighted by molar-refractivity contribution is -0.122. The van der Waals surface area contributed by atoms with Gasteiger partial charge >= 0.3 is 0 Å². The van der Waals surface area contributed by atoms with E-state index in [1.54, 1.807) is 0 Å². The highest BCUT2D eigenvalue weighted by Crippen LogP contribution is 2.06. The molecule has 1 aromatic carbocycles. The summed E-state index contributed by atoms with van der Waals surface area (Å²) < 4.78 is 12.9. The van der Waals surface area contributed by atoms with E-state index in [4.69, 9.17) is 5.26 Å². The summed E-state index contributed by atoms with van der Waals surface area (Å²) in [6, 6.07) is 6.22. The van der Waals surface area contributed by atoms with Crippen molar-refractivity contribution in [3.63, 3.8) is 0 Å². The first-order chi connectivity index (χ1) is 11.4. The largest absolute Gasteiger partial charge is 0.341 e. The number of carbonyl (C=O) groups is 2. The first-order valence-electron chi connectivity index (χ1n) is 7.80. The molecule has 0 saturated carbocycles. The van der Waals surface area contributed by atoms with Gasteiger partial charge in [0.15, 0.2) is 0 Å². The van der Waals surface area contributed by atoms with E-state index in [0.29, 0.717) is 6.42 Å². The third-order valence-corrected chi connectivity index (χ3v) is 3.42. The van der Waals surface area contributed by atoms with Gasteiger partial charge in [0, 0.05) is 5.56 Å². The van der Waals surface area contributed by atoms with Crippen molar-refractivity contribution in [2.24, 2.45) is 0 Å². The van der Waals surface area contributed by atoms with Gasteiger partial charge in [0.25, 0.3) is 5.91 Å². The summed E-state index contributed by atoms with van der Waals surface area (Å²) in [5.74, 6) is -1.27. The molecule has 0 fully saturated rings. The average molecular weight is 334 g/mol. The Hall–Kier alpha value is -2.46. The van der Waals surface area contributed by atoms with E-state index in [0.717, 1.165) is 19.4 Å². The molecule has 24 heavy (non-hydrogen) atoms. The smallest absolute Gasteiger partial charge is 0.251 e. The van der Waals surface area contributed by atoms with Crippen LogP contribution in [-0.2, 0) is 4.79 Å². The Balaban J connectivity index is 2.65. The number of amides is 2. The Labute approximate surface area is 141 Å². The Kier molecular flexibility index (Phi) is 8.44. The number of nitrogens with zero attached hydrogens (tertiary/aromatic N) is 2. The molecule has 0 bridgehead atoms. The molecule has 0 aliphatic heterocycles. The predicted octanol–water partition coefficient (Wildman–Crippen LogP) is 1.30. The molecule has 6 nitrogen and oxygen atoms in total. The van der Waals surface area contributed by atoms with Crippen LogP contribution in [0.25, 0.3) is 0 Å². The standard InChI is InChI=1S/C17H23FN4O2/c1-22(2)12-4-3-5-15(17(24)20-11-10-19)21-16(23)13-6-8-14(18)9-7-13/h6-9,15H,3-5,11-12H2,1-2H3,(H,20,24)(H,21,23)/t15-/m0/s1. The zero-order valence-electron chi connectivity index (χ0n) is 14.0. The summed E-state index contributed by atoms with van der Waals surface area (Å²) in [5, 5.41) is 13.7. The second kappa shape index (κ2) is 10.3. The molecule has 0 radical (unpaired) electrons. The van der Waals surface area contributed by atoms with Crippen LogP contribution in [-0.4, -0.2) is 49.9 Å². The van der Waals surface area contributed by atoms with Crippen molar-refractivity contribution in [1.29, 1.82) is 5.26 Å². The van der Waals surface area contributed by atoms with E-state index < -0.39 is 23.7 Å².